The minimum absolute atomic E-state index is 0. The Morgan fingerprint density at radius 3 is 2.44 bits per heavy atom. The third kappa shape index (κ3) is 2.14. The highest BCUT2D eigenvalue weighted by molar-refractivity contribution is 6.30. The van der Waals surface area contributed by atoms with Crippen molar-refractivity contribution >= 4 is 61.9 Å². The van der Waals surface area contributed by atoms with Crippen molar-refractivity contribution < 1.29 is 14.6 Å². The molecule has 0 aliphatic carbocycles. The van der Waals surface area contributed by atoms with Crippen molar-refractivity contribution in [2.75, 3.05) is 13.7 Å². The average molecular weight is 448 g/mol. The van der Waals surface area contributed by atoms with Crippen LogP contribution in [0.2, 0.25) is 0 Å². The number of methoxy groups -OCH3 is 1. The maximum absolute atomic E-state index is 13.1. The number of aliphatic hydroxyl groups is 1. The van der Waals surface area contributed by atoms with Crippen LogP contribution in [0, 0.1) is 5.92 Å². The molecule has 2 atom stereocenters. The first-order valence-electron chi connectivity index (χ1n) is 10.6. The van der Waals surface area contributed by atoms with Crippen LogP contribution in [0.4, 0.5) is 0 Å². The molecule has 0 saturated heterocycles. The predicted molar refractivity (Wildman–Crippen MR) is 127 cm³/mol. The molecular weight excluding hydrogens is 426 g/mol. The van der Waals surface area contributed by atoms with E-state index in [1.165, 1.54) is 0 Å². The Morgan fingerprint density at radius 1 is 1.03 bits per heavy atom. The lowest BCUT2D eigenvalue weighted by Crippen LogP contribution is -2.26. The van der Waals surface area contributed by atoms with Crippen molar-refractivity contribution in [2.45, 2.75) is 19.3 Å². The lowest BCUT2D eigenvalue weighted by molar-refractivity contribution is -0.0237. The molecular formula is C25H22ClN3O3. The summed E-state index contributed by atoms with van der Waals surface area (Å²) < 4.78 is 10.6. The largest absolute Gasteiger partial charge is 0.396 e. The standard InChI is InChI=1S/C25H21N3O3.ClH/c1-31-25-13(12-29)11-27-17-8-4-2-6-14(17)20-21-16(10-26-24(21)30)19-15-7-3-5-9-18(15)28(25)23(19)22(20)27;/h2-9,13,25,29H,10-12H2,1H3,(H,26,30);1H/t13-,25?;/m0./s1. The molecule has 0 radical (unpaired) electrons. The molecule has 0 spiro atoms. The molecule has 3 aromatic carbocycles. The number of para-hydroxylation sites is 2. The van der Waals surface area contributed by atoms with Crippen LogP contribution in [0.15, 0.2) is 48.5 Å². The van der Waals surface area contributed by atoms with E-state index >= 15 is 0 Å². The summed E-state index contributed by atoms with van der Waals surface area (Å²) in [5.74, 6) is -0.137. The number of aliphatic hydroxyl groups excluding tert-OH is 1. The average Bonchev–Trinajstić information content (AvgIpc) is 3.41. The number of aromatic nitrogens is 2. The zero-order valence-corrected chi connectivity index (χ0v) is 18.3. The van der Waals surface area contributed by atoms with Gasteiger partial charge in [-0.05, 0) is 17.7 Å². The van der Waals surface area contributed by atoms with E-state index in [1.807, 2.05) is 24.3 Å². The van der Waals surface area contributed by atoms with Gasteiger partial charge in [0.05, 0.1) is 28.7 Å². The van der Waals surface area contributed by atoms with Gasteiger partial charge in [-0.1, -0.05) is 36.4 Å². The van der Waals surface area contributed by atoms with E-state index < -0.39 is 0 Å². The zero-order valence-electron chi connectivity index (χ0n) is 17.5. The normalized spacial score (nSPS) is 19.6. The number of hydrogen-bond donors (Lipinski definition) is 2. The lowest BCUT2D eigenvalue weighted by atomic mass is 9.97. The molecule has 0 saturated carbocycles. The number of halogens is 1. The Labute approximate surface area is 189 Å². The fraction of sp³-hybridized carbons (Fsp3) is 0.240. The van der Waals surface area contributed by atoms with Crippen molar-refractivity contribution in [1.29, 1.82) is 0 Å². The third-order valence-electron chi connectivity index (χ3n) is 7.16. The van der Waals surface area contributed by atoms with Crippen LogP contribution in [0.1, 0.15) is 22.1 Å². The Hall–Kier alpha value is -3.06. The first-order chi connectivity index (χ1) is 15.2. The summed E-state index contributed by atoms with van der Waals surface area (Å²) in [6.07, 6.45) is -0.308. The number of hydrogen-bond acceptors (Lipinski definition) is 3. The Bertz CT molecular complexity index is 1580. The predicted octanol–water partition coefficient (Wildman–Crippen LogP) is 4.33. The van der Waals surface area contributed by atoms with Crippen LogP contribution in [-0.2, 0) is 17.8 Å². The number of amides is 1. The highest BCUT2D eigenvalue weighted by Crippen LogP contribution is 2.48. The van der Waals surface area contributed by atoms with Gasteiger partial charge in [-0.25, -0.2) is 0 Å². The summed E-state index contributed by atoms with van der Waals surface area (Å²) >= 11 is 0. The van der Waals surface area contributed by atoms with Gasteiger partial charge in [0.2, 0.25) is 0 Å². The summed E-state index contributed by atoms with van der Waals surface area (Å²) in [7, 11) is 1.71. The van der Waals surface area contributed by atoms with Gasteiger partial charge in [-0.2, -0.15) is 0 Å². The van der Waals surface area contributed by atoms with Crippen LogP contribution in [0.3, 0.4) is 0 Å². The molecule has 0 bridgehead atoms. The Morgan fingerprint density at radius 2 is 1.72 bits per heavy atom. The van der Waals surface area contributed by atoms with Gasteiger partial charge in [0, 0.05) is 53.2 Å². The van der Waals surface area contributed by atoms with Crippen LogP contribution >= 0.6 is 12.4 Å². The Balaban J connectivity index is 0.00000196. The van der Waals surface area contributed by atoms with Crippen molar-refractivity contribution in [2.24, 2.45) is 5.92 Å². The molecule has 5 aromatic rings. The van der Waals surface area contributed by atoms with E-state index in [0.717, 1.165) is 54.7 Å². The van der Waals surface area contributed by atoms with E-state index in [9.17, 15) is 9.90 Å². The Kier molecular flexibility index (Phi) is 4.12. The molecule has 2 aliphatic rings. The molecule has 7 rings (SSSR count). The summed E-state index contributed by atoms with van der Waals surface area (Å²) in [4.78, 5) is 13.1. The maximum atomic E-state index is 13.1. The monoisotopic (exact) mass is 447 g/mol. The first kappa shape index (κ1) is 19.6. The molecule has 32 heavy (non-hydrogen) atoms. The van der Waals surface area contributed by atoms with Crippen molar-refractivity contribution in [3.8, 4) is 0 Å². The van der Waals surface area contributed by atoms with Gasteiger partial charge >= 0.3 is 0 Å². The minimum Gasteiger partial charge on any atom is -0.396 e. The first-order valence-corrected chi connectivity index (χ1v) is 10.6. The van der Waals surface area contributed by atoms with Crippen molar-refractivity contribution in [1.82, 2.24) is 14.5 Å². The van der Waals surface area contributed by atoms with Gasteiger partial charge in [0.1, 0.15) is 6.23 Å². The van der Waals surface area contributed by atoms with E-state index in [4.69, 9.17) is 4.74 Å². The van der Waals surface area contributed by atoms with E-state index in [2.05, 4.69) is 38.7 Å². The van der Waals surface area contributed by atoms with Crippen molar-refractivity contribution in [3.05, 3.63) is 59.7 Å². The summed E-state index contributed by atoms with van der Waals surface area (Å²) in [6, 6.07) is 16.6. The SMILES string of the molecule is COC1[C@H](CO)Cn2c3ccccc3c3c4c(c5c6ccccc6n1c5c32)CNC4=O.Cl. The highest BCUT2D eigenvalue weighted by Gasteiger charge is 2.37. The fourth-order valence-electron chi connectivity index (χ4n) is 6.00. The van der Waals surface area contributed by atoms with Crippen LogP contribution in [0.5, 0.6) is 0 Å². The molecule has 1 amide bonds. The molecule has 162 valence electrons. The second-order valence-corrected chi connectivity index (χ2v) is 8.57. The summed E-state index contributed by atoms with van der Waals surface area (Å²) in [5, 5.41) is 17.7. The molecule has 2 aliphatic heterocycles. The van der Waals surface area contributed by atoms with E-state index in [0.29, 0.717) is 13.1 Å². The molecule has 6 nitrogen and oxygen atoms in total. The van der Waals surface area contributed by atoms with E-state index in [1.54, 1.807) is 7.11 Å². The molecule has 4 heterocycles. The number of carbonyl (C=O) groups is 1. The number of ether oxygens (including phenoxy) is 1. The van der Waals surface area contributed by atoms with Crippen LogP contribution in [-0.4, -0.2) is 33.9 Å². The van der Waals surface area contributed by atoms with Gasteiger partial charge in [-0.15, -0.1) is 12.4 Å². The second kappa shape index (κ2) is 6.72. The number of nitrogens with one attached hydrogen (secondary N) is 1. The number of benzene rings is 3. The van der Waals surface area contributed by atoms with Gasteiger partial charge < -0.3 is 24.3 Å². The molecule has 7 heteroatoms. The number of carbonyl (C=O) groups excluding carboxylic acids is 1. The van der Waals surface area contributed by atoms with Gasteiger partial charge in [-0.3, -0.25) is 4.79 Å². The topological polar surface area (TPSA) is 68.4 Å². The third-order valence-corrected chi connectivity index (χ3v) is 7.16. The summed E-state index contributed by atoms with van der Waals surface area (Å²) in [5.41, 5.74) is 6.14. The molecule has 2 N–H and O–H groups in total. The second-order valence-electron chi connectivity index (χ2n) is 8.57. The minimum atomic E-state index is -0.308. The molecule has 2 aromatic heterocycles. The molecule has 1 unspecified atom stereocenters. The van der Waals surface area contributed by atoms with Crippen LogP contribution < -0.4 is 5.32 Å². The highest BCUT2D eigenvalue weighted by atomic mass is 35.5. The quantitative estimate of drug-likeness (QED) is 0.423. The number of rotatable bonds is 2. The summed E-state index contributed by atoms with van der Waals surface area (Å²) in [6.45, 7) is 1.15. The fourth-order valence-corrected chi connectivity index (χ4v) is 6.00. The number of nitrogens with zero attached hydrogens (tertiary/aromatic N) is 2. The van der Waals surface area contributed by atoms with Crippen LogP contribution in [0.25, 0.3) is 43.6 Å². The van der Waals surface area contributed by atoms with Crippen molar-refractivity contribution in [3.63, 3.8) is 0 Å². The maximum Gasteiger partial charge on any atom is 0.252 e. The van der Waals surface area contributed by atoms with Gasteiger partial charge in [0.25, 0.3) is 5.91 Å². The van der Waals surface area contributed by atoms with Gasteiger partial charge in [0.15, 0.2) is 0 Å². The molecule has 0 fully saturated rings. The smallest absolute Gasteiger partial charge is 0.252 e. The lowest BCUT2D eigenvalue weighted by Gasteiger charge is -2.26. The zero-order chi connectivity index (χ0) is 20.9. The number of fused-ring (bicyclic) bond motifs is 9. The van der Waals surface area contributed by atoms with E-state index in [-0.39, 0.29) is 37.1 Å².